The van der Waals surface area contributed by atoms with Gasteiger partial charge in [0.05, 0.1) is 30.7 Å². The number of anilines is 1. The number of quaternary nitrogens is 1. The highest BCUT2D eigenvalue weighted by molar-refractivity contribution is 5.83. The van der Waals surface area contributed by atoms with Crippen molar-refractivity contribution in [1.82, 2.24) is 5.16 Å². The van der Waals surface area contributed by atoms with Crippen molar-refractivity contribution in [2.75, 3.05) is 25.6 Å². The minimum Gasteiger partial charge on any atom is -1.00 e. The quantitative estimate of drug-likeness (QED) is 0.226. The Balaban J connectivity index is 0.00000312. The van der Waals surface area contributed by atoms with Crippen molar-refractivity contribution in [2.45, 2.75) is 20.8 Å². The number of aromatic nitrogens is 1. The van der Waals surface area contributed by atoms with E-state index in [1.165, 1.54) is 7.11 Å². The van der Waals surface area contributed by atoms with Gasteiger partial charge in [-0.2, -0.15) is 0 Å². The lowest BCUT2D eigenvalue weighted by Gasteiger charge is -2.16. The molecule has 9 heteroatoms. The van der Waals surface area contributed by atoms with Crippen LogP contribution in [-0.2, 0) is 9.53 Å². The molecule has 1 aromatic heterocycles. The van der Waals surface area contributed by atoms with Crippen LogP contribution in [0.1, 0.15) is 18.4 Å². The van der Waals surface area contributed by atoms with Gasteiger partial charge in [-0.05, 0) is 26.8 Å². The van der Waals surface area contributed by atoms with E-state index in [4.69, 9.17) is 14.0 Å². The van der Waals surface area contributed by atoms with E-state index < -0.39 is 5.97 Å². The molecule has 0 unspecified atom stereocenters. The number of rotatable bonds is 7. The van der Waals surface area contributed by atoms with Crippen LogP contribution in [0, 0.1) is 19.1 Å². The number of nitrogens with two attached hydrogens (primary N) is 1. The lowest BCUT2D eigenvalue weighted by Crippen LogP contribution is -3.00. The molecule has 0 saturated heterocycles. The zero-order valence-corrected chi connectivity index (χ0v) is 16.7. The summed E-state index contributed by atoms with van der Waals surface area (Å²) in [7, 11) is 1.53. The lowest BCUT2D eigenvalue weighted by atomic mass is 10.0. The molecular formula is C16H21IN3O5-. The molecule has 3 N–H and O–H groups in total. The van der Waals surface area contributed by atoms with Crippen molar-refractivity contribution in [3.63, 3.8) is 0 Å². The van der Waals surface area contributed by atoms with Crippen LogP contribution in [0.5, 0.6) is 5.75 Å². The minimum atomic E-state index is -0.399. The van der Waals surface area contributed by atoms with Gasteiger partial charge in [-0.25, -0.2) is 0 Å². The summed E-state index contributed by atoms with van der Waals surface area (Å²) in [6, 6.07) is 3.36. The minimum absolute atomic E-state index is 0. The smallest absolute Gasteiger partial charge is 0.325 e. The van der Waals surface area contributed by atoms with Gasteiger partial charge in [-0.3, -0.25) is 4.79 Å². The molecule has 0 aliphatic carbocycles. The zero-order chi connectivity index (χ0) is 17.7. The number of nitrogens with one attached hydrogen (secondary N) is 1. The average molecular weight is 462 g/mol. The number of aryl methyl sites for hydroxylation is 2. The summed E-state index contributed by atoms with van der Waals surface area (Å²) in [6.45, 7) is 5.62. The van der Waals surface area contributed by atoms with Gasteiger partial charge in [0.15, 0.2) is 5.69 Å². The molecule has 0 atom stereocenters. The molecule has 138 valence electrons. The predicted octanol–water partition coefficient (Wildman–Crippen LogP) is -1.36. The molecule has 0 aliphatic rings. The number of hydrogen-bond acceptors (Lipinski definition) is 7. The van der Waals surface area contributed by atoms with Crippen molar-refractivity contribution in [3.8, 4) is 16.9 Å². The summed E-state index contributed by atoms with van der Waals surface area (Å²) in [5.41, 5.74) is 3.82. The molecule has 25 heavy (non-hydrogen) atoms. The number of esters is 1. The Bertz CT molecular complexity index is 713. The summed E-state index contributed by atoms with van der Waals surface area (Å²) < 4.78 is 15.5. The molecule has 0 aliphatic heterocycles. The third-order valence-electron chi connectivity index (χ3n) is 3.53. The van der Waals surface area contributed by atoms with Gasteiger partial charge in [-0.15, -0.1) is 0 Å². The summed E-state index contributed by atoms with van der Waals surface area (Å²) in [5.74, 6) is 0.762. The maximum atomic E-state index is 11.5. The molecule has 2 aromatic rings. The first-order valence-electron chi connectivity index (χ1n) is 7.51. The highest BCUT2D eigenvalue weighted by Crippen LogP contribution is 2.38. The maximum Gasteiger partial charge on any atom is 0.325 e. The lowest BCUT2D eigenvalue weighted by molar-refractivity contribution is -0.496. The van der Waals surface area contributed by atoms with Crippen molar-refractivity contribution in [3.05, 3.63) is 28.8 Å². The number of benzene rings is 1. The Labute approximate surface area is 162 Å². The van der Waals surface area contributed by atoms with E-state index in [2.05, 4.69) is 10.5 Å². The molecule has 0 spiro atoms. The predicted molar refractivity (Wildman–Crippen MR) is 88.0 cm³/mol. The highest BCUT2D eigenvalue weighted by atomic mass is 127. The van der Waals surface area contributed by atoms with Crippen LogP contribution in [-0.4, -0.2) is 31.4 Å². The fourth-order valence-electron chi connectivity index (χ4n) is 2.46. The van der Waals surface area contributed by atoms with Crippen molar-refractivity contribution < 1.29 is 48.2 Å². The Morgan fingerprint density at radius 1 is 1.40 bits per heavy atom. The normalized spacial score (nSPS) is 10.1. The number of hydrogen-bond donors (Lipinski definition) is 2. The Morgan fingerprint density at radius 2 is 2.12 bits per heavy atom. The van der Waals surface area contributed by atoms with Crippen LogP contribution >= 0.6 is 0 Å². The van der Waals surface area contributed by atoms with Crippen LogP contribution < -0.4 is 39.5 Å². The van der Waals surface area contributed by atoms with E-state index in [0.717, 1.165) is 11.1 Å². The standard InChI is InChI=1S/C16H21N3O5.HI/c1-5-23-15(20)8-17-12-6-11(14(22-4)7-13(12)18-21)16-9(2)19-24-10(16)3;/h6-7,17H,5,8,18H2,1-4H3;1H/p-1. The number of halogens is 1. The summed E-state index contributed by atoms with van der Waals surface area (Å²) in [5, 5.41) is 18.2. The highest BCUT2D eigenvalue weighted by Gasteiger charge is 2.20. The van der Waals surface area contributed by atoms with E-state index in [1.807, 2.05) is 6.92 Å². The zero-order valence-electron chi connectivity index (χ0n) is 14.5. The van der Waals surface area contributed by atoms with Gasteiger partial charge in [0, 0.05) is 11.6 Å². The molecule has 0 bridgehead atoms. The topological polar surface area (TPSA) is 113 Å². The van der Waals surface area contributed by atoms with Crippen molar-refractivity contribution >= 4 is 17.3 Å². The van der Waals surface area contributed by atoms with Crippen molar-refractivity contribution in [2.24, 2.45) is 0 Å². The average Bonchev–Trinajstić information content (AvgIpc) is 2.91. The number of carbonyl (C=O) groups is 1. The van der Waals surface area contributed by atoms with E-state index in [9.17, 15) is 10.0 Å². The number of nitrogens with zero attached hydrogens (tertiary/aromatic N) is 1. The Hall–Kier alpha value is -1.85. The first kappa shape index (κ1) is 21.2. The summed E-state index contributed by atoms with van der Waals surface area (Å²) >= 11 is 0. The largest absolute Gasteiger partial charge is 1.00 e. The first-order valence-corrected chi connectivity index (χ1v) is 7.51. The molecule has 2 rings (SSSR count). The van der Waals surface area contributed by atoms with Crippen LogP contribution in [0.3, 0.4) is 0 Å². The Kier molecular flexibility index (Phi) is 8.13. The molecule has 8 nitrogen and oxygen atoms in total. The second kappa shape index (κ2) is 9.59. The van der Waals surface area contributed by atoms with Gasteiger partial charge in [0.1, 0.15) is 18.1 Å². The van der Waals surface area contributed by atoms with E-state index in [1.54, 1.807) is 26.0 Å². The molecule has 1 aromatic carbocycles. The van der Waals surface area contributed by atoms with E-state index in [-0.39, 0.29) is 30.5 Å². The monoisotopic (exact) mass is 462 g/mol. The summed E-state index contributed by atoms with van der Waals surface area (Å²) in [6.07, 6.45) is 0. The van der Waals surface area contributed by atoms with Crippen LogP contribution in [0.2, 0.25) is 0 Å². The maximum absolute atomic E-state index is 11.5. The fraction of sp³-hybridized carbons (Fsp3) is 0.375. The molecule has 1 heterocycles. The van der Waals surface area contributed by atoms with Crippen LogP contribution in [0.25, 0.3) is 11.1 Å². The van der Waals surface area contributed by atoms with Gasteiger partial charge in [0.2, 0.25) is 0 Å². The van der Waals surface area contributed by atoms with Crippen LogP contribution in [0.4, 0.5) is 11.4 Å². The van der Waals surface area contributed by atoms with Crippen molar-refractivity contribution in [1.29, 1.82) is 0 Å². The number of carbonyl (C=O) groups excluding carboxylic acids is 1. The second-order valence-electron chi connectivity index (χ2n) is 5.12. The third kappa shape index (κ3) is 4.83. The SMILES string of the molecule is CCOC(=O)CNc1cc(-c2c(C)noc2C)c(OC)cc1[NH2+][O-].[I-]. The first-order chi connectivity index (χ1) is 11.5. The van der Waals surface area contributed by atoms with Crippen LogP contribution in [0.15, 0.2) is 16.7 Å². The fourth-order valence-corrected chi connectivity index (χ4v) is 2.46. The second-order valence-corrected chi connectivity index (χ2v) is 5.12. The van der Waals surface area contributed by atoms with Gasteiger partial charge in [-0.1, -0.05) is 5.16 Å². The molecule has 0 amide bonds. The van der Waals surface area contributed by atoms with Gasteiger partial charge >= 0.3 is 5.97 Å². The summed E-state index contributed by atoms with van der Waals surface area (Å²) in [4.78, 5) is 11.5. The number of ether oxygens (including phenoxy) is 2. The van der Waals surface area contributed by atoms with E-state index in [0.29, 0.717) is 40.7 Å². The van der Waals surface area contributed by atoms with E-state index >= 15 is 0 Å². The Morgan fingerprint density at radius 3 is 2.64 bits per heavy atom. The molecule has 0 saturated carbocycles. The van der Waals surface area contributed by atoms with Gasteiger partial charge in [0.25, 0.3) is 0 Å². The molecular weight excluding hydrogens is 441 g/mol. The molecule has 0 radical (unpaired) electrons. The molecule has 0 fully saturated rings. The number of methoxy groups -OCH3 is 1. The van der Waals surface area contributed by atoms with Gasteiger partial charge < -0.3 is 54.0 Å². The third-order valence-corrected chi connectivity index (χ3v) is 3.53.